The Bertz CT molecular complexity index is 789. The molecular weight excluding hydrogens is 352 g/mol. The number of hydrogen-bond donors (Lipinski definition) is 0. The Labute approximate surface area is 158 Å². The van der Waals surface area contributed by atoms with Crippen LogP contribution in [-0.4, -0.2) is 41.3 Å². The Hall–Kier alpha value is -3.09. The van der Waals surface area contributed by atoms with Crippen LogP contribution in [-0.2, 0) is 6.42 Å². The summed E-state index contributed by atoms with van der Waals surface area (Å²) in [6, 6.07) is 6.35. The van der Waals surface area contributed by atoms with Crippen molar-refractivity contribution in [3.8, 4) is 34.5 Å². The van der Waals surface area contributed by atoms with Crippen molar-refractivity contribution in [2.75, 3.05) is 35.5 Å². The van der Waals surface area contributed by atoms with Crippen molar-refractivity contribution in [1.29, 1.82) is 0 Å². The molecule has 2 aromatic rings. The summed E-state index contributed by atoms with van der Waals surface area (Å²) in [5.41, 5.74) is 0.837. The summed E-state index contributed by atoms with van der Waals surface area (Å²) in [7, 11) is 7.43. The average Bonchev–Trinajstić information content (AvgIpc) is 2.70. The van der Waals surface area contributed by atoms with Crippen molar-refractivity contribution in [2.24, 2.45) is 0 Å². The van der Waals surface area contributed by atoms with Gasteiger partial charge in [0.2, 0.25) is 5.75 Å². The van der Waals surface area contributed by atoms with Crippen LogP contribution in [0.25, 0.3) is 0 Å². The van der Waals surface area contributed by atoms with Crippen LogP contribution in [0.4, 0.5) is 0 Å². The highest BCUT2D eigenvalue weighted by molar-refractivity contribution is 6.01. The molecule has 0 atom stereocenters. The number of ether oxygens (including phenoxy) is 5. The zero-order chi connectivity index (χ0) is 20.0. The lowest BCUT2D eigenvalue weighted by molar-refractivity contribution is -0.268. The number of aryl methyl sites for hydroxylation is 1. The molecule has 0 saturated carbocycles. The second kappa shape index (κ2) is 9.02. The lowest BCUT2D eigenvalue weighted by Gasteiger charge is -2.18. The minimum absolute atomic E-state index is 0.0192. The monoisotopic (exact) mass is 375 g/mol. The summed E-state index contributed by atoms with van der Waals surface area (Å²) < 4.78 is 26.2. The van der Waals surface area contributed by atoms with Gasteiger partial charge < -0.3 is 28.8 Å². The van der Waals surface area contributed by atoms with E-state index in [1.54, 1.807) is 12.1 Å². The van der Waals surface area contributed by atoms with Gasteiger partial charge in [0, 0.05) is 12.5 Å². The van der Waals surface area contributed by atoms with Crippen LogP contribution in [0.2, 0.25) is 0 Å². The van der Waals surface area contributed by atoms with Crippen molar-refractivity contribution in [3.63, 3.8) is 0 Å². The van der Waals surface area contributed by atoms with Crippen LogP contribution in [0.1, 0.15) is 22.3 Å². The number of hydrogen-bond acceptors (Lipinski definition) is 7. The van der Waals surface area contributed by atoms with Gasteiger partial charge >= 0.3 is 0 Å². The molecule has 0 unspecified atom stereocenters. The molecule has 2 aromatic carbocycles. The lowest BCUT2D eigenvalue weighted by Crippen LogP contribution is -2.09. The number of Topliss-reactive ketones (excluding diaryl/α,β-unsaturated/α-hetero) is 1. The first-order valence-electron chi connectivity index (χ1n) is 8.24. The van der Waals surface area contributed by atoms with Crippen molar-refractivity contribution in [3.05, 3.63) is 35.4 Å². The zero-order valence-corrected chi connectivity index (χ0v) is 16.1. The van der Waals surface area contributed by atoms with E-state index in [1.165, 1.54) is 47.7 Å². The van der Waals surface area contributed by atoms with Gasteiger partial charge in [0.1, 0.15) is 11.5 Å². The van der Waals surface area contributed by atoms with Gasteiger partial charge in [-0.2, -0.15) is 0 Å². The molecule has 0 aliphatic carbocycles. The maximum Gasteiger partial charge on any atom is 0.203 e. The van der Waals surface area contributed by atoms with Crippen molar-refractivity contribution < 1.29 is 33.6 Å². The standard InChI is InChI=1S/C20H24O7/c1-23-13-10-15(22)19(16(11-13)24-2)14(21)7-6-12-8-17(25-3)20(27-5)18(9-12)26-4/h8-11,22H,6-7H2,1-5H3/p-1. The first-order chi connectivity index (χ1) is 13.0. The number of carbonyl (C=O) groups is 1. The van der Waals surface area contributed by atoms with E-state index in [4.69, 9.17) is 23.7 Å². The molecule has 0 N–H and O–H groups in total. The fraction of sp³-hybridized carbons (Fsp3) is 0.350. The van der Waals surface area contributed by atoms with Crippen LogP contribution in [0, 0.1) is 0 Å². The molecule has 0 aromatic heterocycles. The van der Waals surface area contributed by atoms with Gasteiger partial charge in [-0.1, -0.05) is 5.75 Å². The number of rotatable bonds is 9. The molecule has 0 bridgehead atoms. The van der Waals surface area contributed by atoms with Gasteiger partial charge in [-0.15, -0.1) is 0 Å². The molecule has 7 heteroatoms. The first kappa shape index (κ1) is 20.2. The fourth-order valence-corrected chi connectivity index (χ4v) is 2.78. The van der Waals surface area contributed by atoms with Crippen LogP contribution in [0.3, 0.4) is 0 Å². The molecule has 0 aliphatic rings. The third kappa shape index (κ3) is 4.36. The van der Waals surface area contributed by atoms with E-state index < -0.39 is 5.75 Å². The Morgan fingerprint density at radius 3 is 1.89 bits per heavy atom. The summed E-state index contributed by atoms with van der Waals surface area (Å²) in [5.74, 6) is 1.30. The molecule has 0 fully saturated rings. The summed E-state index contributed by atoms with van der Waals surface area (Å²) >= 11 is 0. The van der Waals surface area contributed by atoms with Crippen molar-refractivity contribution in [1.82, 2.24) is 0 Å². The Kier molecular flexibility index (Phi) is 6.76. The van der Waals surface area contributed by atoms with Gasteiger partial charge in [0.25, 0.3) is 0 Å². The molecule has 2 rings (SSSR count). The smallest absolute Gasteiger partial charge is 0.203 e. The van der Waals surface area contributed by atoms with Crippen molar-refractivity contribution in [2.45, 2.75) is 12.8 Å². The molecule has 0 amide bonds. The summed E-state index contributed by atoms with van der Waals surface area (Å²) in [6.45, 7) is 0. The second-order valence-electron chi connectivity index (χ2n) is 5.66. The second-order valence-corrected chi connectivity index (χ2v) is 5.66. The van der Waals surface area contributed by atoms with Gasteiger partial charge in [0.15, 0.2) is 17.3 Å². The number of benzene rings is 2. The SMILES string of the molecule is COc1cc([O-])c(C(=O)CCc2cc(OC)c(OC)c(OC)c2)c(OC)c1. The van der Waals surface area contributed by atoms with E-state index in [0.717, 1.165) is 5.56 Å². The van der Waals surface area contributed by atoms with Crippen LogP contribution in [0.15, 0.2) is 24.3 Å². The lowest BCUT2D eigenvalue weighted by atomic mass is 10.0. The van der Waals surface area contributed by atoms with E-state index in [2.05, 4.69) is 0 Å². The summed E-state index contributed by atoms with van der Waals surface area (Å²) in [5, 5.41) is 12.3. The number of ketones is 1. The molecule has 7 nitrogen and oxygen atoms in total. The largest absolute Gasteiger partial charge is 0.872 e. The van der Waals surface area contributed by atoms with Gasteiger partial charge in [-0.25, -0.2) is 0 Å². The van der Waals surface area contributed by atoms with E-state index in [0.29, 0.717) is 29.4 Å². The van der Waals surface area contributed by atoms with Crippen LogP contribution < -0.4 is 28.8 Å². The fourth-order valence-electron chi connectivity index (χ4n) is 2.78. The molecule has 27 heavy (non-hydrogen) atoms. The van der Waals surface area contributed by atoms with Gasteiger partial charge in [0.05, 0.1) is 41.1 Å². The van der Waals surface area contributed by atoms with Crippen LogP contribution in [0.5, 0.6) is 34.5 Å². The third-order valence-electron chi connectivity index (χ3n) is 4.14. The third-order valence-corrected chi connectivity index (χ3v) is 4.14. The van der Waals surface area contributed by atoms with Gasteiger partial charge in [-0.3, -0.25) is 4.79 Å². The molecule has 0 heterocycles. The molecular formula is C20H23O7-. The molecule has 0 aliphatic heterocycles. The van der Waals surface area contributed by atoms with Gasteiger partial charge in [-0.05, 0) is 30.2 Å². The van der Waals surface area contributed by atoms with E-state index in [1.807, 2.05) is 0 Å². The van der Waals surface area contributed by atoms with Crippen LogP contribution >= 0.6 is 0 Å². The van der Waals surface area contributed by atoms with E-state index in [-0.39, 0.29) is 23.5 Å². The Balaban J connectivity index is 2.26. The number of methoxy groups -OCH3 is 5. The molecule has 146 valence electrons. The minimum atomic E-state index is -0.430. The number of carbonyl (C=O) groups excluding carboxylic acids is 1. The quantitative estimate of drug-likeness (QED) is 0.623. The van der Waals surface area contributed by atoms with Crippen molar-refractivity contribution >= 4 is 5.78 Å². The first-order valence-corrected chi connectivity index (χ1v) is 8.24. The average molecular weight is 375 g/mol. The normalized spacial score (nSPS) is 10.3. The maximum absolute atomic E-state index is 12.6. The molecule has 0 radical (unpaired) electrons. The molecule has 0 spiro atoms. The highest BCUT2D eigenvalue weighted by Gasteiger charge is 2.17. The topological polar surface area (TPSA) is 86.3 Å². The minimum Gasteiger partial charge on any atom is -0.872 e. The highest BCUT2D eigenvalue weighted by Crippen LogP contribution is 2.39. The maximum atomic E-state index is 12.6. The molecule has 0 saturated heterocycles. The highest BCUT2D eigenvalue weighted by atomic mass is 16.5. The Morgan fingerprint density at radius 2 is 1.41 bits per heavy atom. The zero-order valence-electron chi connectivity index (χ0n) is 16.1. The predicted molar refractivity (Wildman–Crippen MR) is 97.7 cm³/mol. The summed E-state index contributed by atoms with van der Waals surface area (Å²) in [6.07, 6.45) is 0.515. The predicted octanol–water partition coefficient (Wildman–Crippen LogP) is 2.62. The Morgan fingerprint density at radius 1 is 0.815 bits per heavy atom. The van der Waals surface area contributed by atoms with E-state index >= 15 is 0 Å². The van der Waals surface area contributed by atoms with E-state index in [9.17, 15) is 9.90 Å². The summed E-state index contributed by atoms with van der Waals surface area (Å²) in [4.78, 5) is 12.6.